The van der Waals surface area contributed by atoms with Crippen LogP contribution in [0.5, 0.6) is 0 Å². The molecule has 0 aliphatic carbocycles. The molecule has 1 unspecified atom stereocenters. The molecule has 80 heavy (non-hydrogen) atoms. The molecule has 0 aromatic heterocycles. The van der Waals surface area contributed by atoms with E-state index in [1.54, 1.807) is 0 Å². The van der Waals surface area contributed by atoms with Crippen LogP contribution < -0.4 is 0 Å². The molecule has 0 bridgehead atoms. The summed E-state index contributed by atoms with van der Waals surface area (Å²) in [5.74, 6) is -0.974. The number of unbranched alkanes of at least 4 members (excludes halogenated alkanes) is 35. The van der Waals surface area contributed by atoms with Crippen LogP contribution in [0.4, 0.5) is 0 Å². The lowest BCUT2D eigenvalue weighted by atomic mass is 10.0. The molecule has 460 valence electrons. The SMILES string of the molecule is CC/C=C\C/C=C\C/C=C\C/C=C\CCCCCCCCCCCCC(=O)OC(COC(=O)CC/C=C\C/C=C\C/C=C\C/C=C\CC)COC(=O)CCCCCCCCCCCCCCCCCCCCCCCCCCCC. The van der Waals surface area contributed by atoms with E-state index >= 15 is 0 Å². The molecule has 6 nitrogen and oxygen atoms in total. The molecule has 0 fully saturated rings. The van der Waals surface area contributed by atoms with E-state index < -0.39 is 6.10 Å². The van der Waals surface area contributed by atoms with Crippen LogP contribution in [0.1, 0.15) is 335 Å². The molecule has 0 aliphatic heterocycles. The summed E-state index contributed by atoms with van der Waals surface area (Å²) in [7, 11) is 0. The van der Waals surface area contributed by atoms with E-state index in [2.05, 4.69) is 112 Å². The second-order valence-electron chi connectivity index (χ2n) is 22.7. The lowest BCUT2D eigenvalue weighted by Crippen LogP contribution is -2.30. The van der Waals surface area contributed by atoms with E-state index in [1.165, 1.54) is 199 Å². The molecule has 0 aromatic rings. The molecule has 0 radical (unpaired) electrons. The third-order valence-corrected chi connectivity index (χ3v) is 14.8. The maximum absolute atomic E-state index is 12.9. The average Bonchev–Trinajstić information content (AvgIpc) is 3.46. The molecule has 0 spiro atoms. The molecule has 1 atom stereocenters. The van der Waals surface area contributed by atoms with Crippen molar-refractivity contribution in [3.63, 3.8) is 0 Å². The minimum Gasteiger partial charge on any atom is -0.462 e. The molecule has 0 saturated heterocycles. The van der Waals surface area contributed by atoms with Crippen LogP contribution in [-0.2, 0) is 28.6 Å². The first-order valence-corrected chi connectivity index (χ1v) is 34.2. The summed E-state index contributed by atoms with van der Waals surface area (Å²) in [5, 5.41) is 0. The van der Waals surface area contributed by atoms with Gasteiger partial charge in [0.2, 0.25) is 0 Å². The lowest BCUT2D eigenvalue weighted by Gasteiger charge is -2.18. The predicted molar refractivity (Wildman–Crippen MR) is 348 cm³/mol. The maximum atomic E-state index is 12.9. The predicted octanol–water partition coefficient (Wildman–Crippen LogP) is 23.6. The van der Waals surface area contributed by atoms with Crippen molar-refractivity contribution < 1.29 is 28.6 Å². The Bertz CT molecular complexity index is 1560. The summed E-state index contributed by atoms with van der Waals surface area (Å²) in [6.45, 7) is 6.39. The average molecular weight is 1110 g/mol. The standard InChI is InChI=1S/C74H128O6/c1-4-7-10-13-16-19-22-25-27-29-31-33-35-36-37-39-40-42-44-46-49-52-55-58-61-64-67-73(76)79-70-71(69-78-72(75)66-63-60-57-54-51-48-24-21-18-15-12-9-6-3)80-74(77)68-65-62-59-56-53-50-47-45-43-41-38-34-32-30-28-26-23-20-17-14-11-8-5-2/h8-9,11-12,17-18,20-21,26,28,32,34,48,51,57,60,71H,4-7,10,13-16,19,22-25,27,29-31,33,35-47,49-50,52-56,58-59,61-70H2,1-3H3/b11-8-,12-9-,20-17-,21-18-,28-26-,34-32-,51-48-,60-57-. The maximum Gasteiger partial charge on any atom is 0.306 e. The molecular weight excluding hydrogens is 985 g/mol. The van der Waals surface area contributed by atoms with Gasteiger partial charge in [0.25, 0.3) is 0 Å². The summed E-state index contributed by atoms with van der Waals surface area (Å²) >= 11 is 0. The van der Waals surface area contributed by atoms with E-state index in [0.717, 1.165) is 89.9 Å². The van der Waals surface area contributed by atoms with Crippen molar-refractivity contribution in [2.45, 2.75) is 341 Å². The van der Waals surface area contributed by atoms with Gasteiger partial charge in [0.1, 0.15) is 13.2 Å². The van der Waals surface area contributed by atoms with Crippen LogP contribution in [0.25, 0.3) is 0 Å². The lowest BCUT2D eigenvalue weighted by molar-refractivity contribution is -0.166. The van der Waals surface area contributed by atoms with Crippen LogP contribution in [0.3, 0.4) is 0 Å². The Morgan fingerprint density at radius 3 is 0.838 bits per heavy atom. The summed E-state index contributed by atoms with van der Waals surface area (Å²) < 4.78 is 16.9. The zero-order valence-corrected chi connectivity index (χ0v) is 52.8. The van der Waals surface area contributed by atoms with Crippen LogP contribution in [0.2, 0.25) is 0 Å². The number of hydrogen-bond donors (Lipinski definition) is 0. The van der Waals surface area contributed by atoms with Crippen LogP contribution in [0.15, 0.2) is 97.2 Å². The Morgan fingerprint density at radius 2 is 0.512 bits per heavy atom. The summed E-state index contributed by atoms with van der Waals surface area (Å²) in [5.41, 5.74) is 0. The van der Waals surface area contributed by atoms with Crippen molar-refractivity contribution in [3.05, 3.63) is 97.2 Å². The Labute approximate surface area is 496 Å². The van der Waals surface area contributed by atoms with E-state index in [-0.39, 0.29) is 37.5 Å². The molecule has 0 N–H and O–H groups in total. The van der Waals surface area contributed by atoms with Gasteiger partial charge in [-0.1, -0.05) is 330 Å². The topological polar surface area (TPSA) is 78.9 Å². The Hall–Kier alpha value is -3.67. The molecule has 0 rings (SSSR count). The summed E-state index contributed by atoms with van der Waals surface area (Å²) in [4.78, 5) is 38.3. The largest absolute Gasteiger partial charge is 0.462 e. The van der Waals surface area contributed by atoms with Crippen LogP contribution in [-0.4, -0.2) is 37.2 Å². The minimum atomic E-state index is -0.810. The number of esters is 3. The number of ether oxygens (including phenoxy) is 3. The fraction of sp³-hybridized carbons (Fsp3) is 0.743. The Kier molecular flexibility index (Phi) is 64.7. The third kappa shape index (κ3) is 65.1. The molecule has 0 saturated carbocycles. The summed E-state index contributed by atoms with van der Waals surface area (Å²) in [6, 6.07) is 0. The fourth-order valence-corrected chi connectivity index (χ4v) is 9.80. The van der Waals surface area contributed by atoms with Gasteiger partial charge in [0.05, 0.1) is 0 Å². The number of allylic oxidation sites excluding steroid dienone is 16. The Morgan fingerprint density at radius 1 is 0.263 bits per heavy atom. The van der Waals surface area contributed by atoms with Crippen molar-refractivity contribution >= 4 is 17.9 Å². The first kappa shape index (κ1) is 76.3. The van der Waals surface area contributed by atoms with E-state index in [9.17, 15) is 14.4 Å². The molecule has 6 heteroatoms. The molecule has 0 amide bonds. The van der Waals surface area contributed by atoms with Crippen molar-refractivity contribution in [1.82, 2.24) is 0 Å². The highest BCUT2D eigenvalue weighted by molar-refractivity contribution is 5.71. The number of carbonyl (C=O) groups is 3. The molecule has 0 aromatic carbocycles. The first-order valence-electron chi connectivity index (χ1n) is 34.2. The highest BCUT2D eigenvalue weighted by atomic mass is 16.6. The van der Waals surface area contributed by atoms with Gasteiger partial charge in [-0.2, -0.15) is 0 Å². The number of hydrogen-bond acceptors (Lipinski definition) is 6. The van der Waals surface area contributed by atoms with Crippen molar-refractivity contribution in [2.75, 3.05) is 13.2 Å². The second-order valence-corrected chi connectivity index (χ2v) is 22.7. The molecular formula is C74H128O6. The van der Waals surface area contributed by atoms with Gasteiger partial charge in [-0.3, -0.25) is 14.4 Å². The van der Waals surface area contributed by atoms with Crippen LogP contribution in [0, 0.1) is 0 Å². The van der Waals surface area contributed by atoms with Gasteiger partial charge >= 0.3 is 17.9 Å². The quantitative estimate of drug-likeness (QED) is 0.0261. The van der Waals surface area contributed by atoms with E-state index in [0.29, 0.717) is 19.3 Å². The van der Waals surface area contributed by atoms with Gasteiger partial charge in [-0.15, -0.1) is 0 Å². The van der Waals surface area contributed by atoms with E-state index in [4.69, 9.17) is 14.2 Å². The fourth-order valence-electron chi connectivity index (χ4n) is 9.80. The first-order chi connectivity index (χ1) is 39.5. The highest BCUT2D eigenvalue weighted by Crippen LogP contribution is 2.18. The monoisotopic (exact) mass is 1110 g/mol. The van der Waals surface area contributed by atoms with Gasteiger partial charge < -0.3 is 14.2 Å². The summed E-state index contributed by atoms with van der Waals surface area (Å²) in [6.07, 6.45) is 91.7. The van der Waals surface area contributed by atoms with Crippen molar-refractivity contribution in [1.29, 1.82) is 0 Å². The number of rotatable bonds is 62. The number of carbonyl (C=O) groups excluding carboxylic acids is 3. The van der Waals surface area contributed by atoms with Crippen molar-refractivity contribution in [2.24, 2.45) is 0 Å². The second kappa shape index (κ2) is 67.8. The zero-order valence-electron chi connectivity index (χ0n) is 52.8. The van der Waals surface area contributed by atoms with Crippen LogP contribution >= 0.6 is 0 Å². The highest BCUT2D eigenvalue weighted by Gasteiger charge is 2.19. The van der Waals surface area contributed by atoms with E-state index in [1.807, 2.05) is 6.08 Å². The minimum absolute atomic E-state index is 0.0986. The zero-order chi connectivity index (χ0) is 57.8. The Balaban J connectivity index is 4.29. The smallest absolute Gasteiger partial charge is 0.306 e. The van der Waals surface area contributed by atoms with Gasteiger partial charge in [-0.25, -0.2) is 0 Å². The molecule has 0 aliphatic rings. The third-order valence-electron chi connectivity index (χ3n) is 14.8. The van der Waals surface area contributed by atoms with Gasteiger partial charge in [0.15, 0.2) is 6.10 Å². The van der Waals surface area contributed by atoms with Gasteiger partial charge in [-0.05, 0) is 83.5 Å². The normalized spacial score (nSPS) is 12.7. The van der Waals surface area contributed by atoms with Crippen molar-refractivity contribution in [3.8, 4) is 0 Å². The molecule has 0 heterocycles. The van der Waals surface area contributed by atoms with Gasteiger partial charge in [0, 0.05) is 19.3 Å².